The number of anilines is 2. The van der Waals surface area contributed by atoms with Crippen molar-refractivity contribution in [3.8, 4) is 0 Å². The lowest BCUT2D eigenvalue weighted by Crippen LogP contribution is -2.13. The monoisotopic (exact) mass is 355 g/mol. The Bertz CT molecular complexity index is 1100. The van der Waals surface area contributed by atoms with Crippen LogP contribution in [0.15, 0.2) is 84.9 Å². The molecule has 0 aliphatic carbocycles. The van der Waals surface area contributed by atoms with Crippen LogP contribution in [0.4, 0.5) is 11.4 Å². The van der Waals surface area contributed by atoms with E-state index in [1.54, 1.807) is 24.3 Å². The number of fused-ring (bicyclic) bond motifs is 1. The summed E-state index contributed by atoms with van der Waals surface area (Å²) in [4.78, 5) is 28.1. The van der Waals surface area contributed by atoms with Gasteiger partial charge in [0.25, 0.3) is 11.8 Å². The van der Waals surface area contributed by atoms with Gasteiger partial charge >= 0.3 is 0 Å². The van der Waals surface area contributed by atoms with Gasteiger partial charge in [-0.2, -0.15) is 0 Å². The highest BCUT2D eigenvalue weighted by molar-refractivity contribution is 6.11. The summed E-state index contributed by atoms with van der Waals surface area (Å²) in [6.07, 6.45) is 0. The van der Waals surface area contributed by atoms with E-state index in [1.807, 2.05) is 60.7 Å². The number of benzene rings is 3. The predicted octanol–water partition coefficient (Wildman–Crippen LogP) is 4.67. The van der Waals surface area contributed by atoms with Gasteiger partial charge in [-0.1, -0.05) is 48.5 Å². The van der Waals surface area contributed by atoms with Crippen LogP contribution < -0.4 is 10.6 Å². The molecule has 1 aromatic heterocycles. The van der Waals surface area contributed by atoms with Gasteiger partial charge in [-0.25, -0.2) is 0 Å². The largest absolute Gasteiger partial charge is 0.349 e. The quantitative estimate of drug-likeness (QED) is 0.497. The van der Waals surface area contributed by atoms with Crippen molar-refractivity contribution in [1.82, 2.24) is 4.98 Å². The second-order valence-corrected chi connectivity index (χ2v) is 6.09. The van der Waals surface area contributed by atoms with E-state index in [0.717, 1.165) is 11.1 Å². The number of amides is 2. The highest BCUT2D eigenvalue weighted by Crippen LogP contribution is 2.25. The number of aromatic amines is 1. The molecule has 132 valence electrons. The highest BCUT2D eigenvalue weighted by atomic mass is 16.2. The molecule has 4 aromatic rings. The Kier molecular flexibility index (Phi) is 4.41. The van der Waals surface area contributed by atoms with Gasteiger partial charge in [-0.3, -0.25) is 9.59 Å². The molecule has 4 rings (SSSR count). The zero-order valence-electron chi connectivity index (χ0n) is 14.4. The fraction of sp³-hybridized carbons (Fsp3) is 0. The molecule has 5 heteroatoms. The van der Waals surface area contributed by atoms with Crippen molar-refractivity contribution in [2.75, 3.05) is 10.6 Å². The molecule has 0 saturated carbocycles. The number of H-pyrrole nitrogens is 1. The first-order chi connectivity index (χ1) is 13.2. The Hall–Kier alpha value is -3.86. The second-order valence-electron chi connectivity index (χ2n) is 6.09. The molecule has 1 heterocycles. The summed E-state index contributed by atoms with van der Waals surface area (Å²) in [5, 5.41) is 6.60. The molecule has 0 aliphatic rings. The average Bonchev–Trinajstić information content (AvgIpc) is 3.15. The minimum Gasteiger partial charge on any atom is -0.349 e. The van der Waals surface area contributed by atoms with Gasteiger partial charge in [-0.15, -0.1) is 0 Å². The van der Waals surface area contributed by atoms with Gasteiger partial charge in [0.1, 0.15) is 5.69 Å². The smallest absolute Gasteiger partial charge is 0.272 e. The Balaban J connectivity index is 1.60. The molecule has 3 N–H and O–H groups in total. The Labute approximate surface area is 156 Å². The van der Waals surface area contributed by atoms with Crippen molar-refractivity contribution in [2.24, 2.45) is 0 Å². The van der Waals surface area contributed by atoms with E-state index in [-0.39, 0.29) is 11.8 Å². The van der Waals surface area contributed by atoms with Crippen LogP contribution in [0.1, 0.15) is 20.8 Å². The first kappa shape index (κ1) is 16.6. The lowest BCUT2D eigenvalue weighted by atomic mass is 10.2. The number of aromatic nitrogens is 1. The summed E-state index contributed by atoms with van der Waals surface area (Å²) in [7, 11) is 0. The van der Waals surface area contributed by atoms with Gasteiger partial charge in [0.2, 0.25) is 0 Å². The number of hydrogen-bond donors (Lipinski definition) is 3. The van der Waals surface area contributed by atoms with Gasteiger partial charge in [0.15, 0.2) is 0 Å². The van der Waals surface area contributed by atoms with Crippen LogP contribution in [0.3, 0.4) is 0 Å². The first-order valence-corrected chi connectivity index (χ1v) is 8.55. The van der Waals surface area contributed by atoms with Gasteiger partial charge < -0.3 is 15.6 Å². The van der Waals surface area contributed by atoms with Gasteiger partial charge in [0, 0.05) is 16.6 Å². The number of para-hydroxylation sites is 2. The van der Waals surface area contributed by atoms with Crippen molar-refractivity contribution in [3.05, 3.63) is 96.2 Å². The van der Waals surface area contributed by atoms with Crippen molar-refractivity contribution in [2.45, 2.75) is 0 Å². The highest BCUT2D eigenvalue weighted by Gasteiger charge is 2.13. The van der Waals surface area contributed by atoms with Crippen LogP contribution in [0, 0.1) is 0 Å². The van der Waals surface area contributed by atoms with Crippen LogP contribution >= 0.6 is 0 Å². The minimum atomic E-state index is -0.238. The summed E-state index contributed by atoms with van der Waals surface area (Å²) in [5.41, 5.74) is 3.05. The van der Waals surface area contributed by atoms with E-state index >= 15 is 0 Å². The van der Waals surface area contributed by atoms with E-state index in [9.17, 15) is 9.59 Å². The third kappa shape index (κ3) is 3.57. The molecule has 0 bridgehead atoms. The Morgan fingerprint density at radius 3 is 2.15 bits per heavy atom. The van der Waals surface area contributed by atoms with Gasteiger partial charge in [0.05, 0.1) is 11.2 Å². The molecular formula is C22H17N3O2. The van der Waals surface area contributed by atoms with E-state index in [4.69, 9.17) is 0 Å². The normalized spacial score (nSPS) is 10.5. The van der Waals surface area contributed by atoms with Crippen LogP contribution in [-0.2, 0) is 0 Å². The standard InChI is InChI=1S/C22H17N3O2/c26-21(15-8-3-1-4-9-15)25-18-13-7-10-16-14-19(24-20(16)18)22(27)23-17-11-5-2-6-12-17/h1-14,24H,(H,23,27)(H,25,26). The lowest BCUT2D eigenvalue weighted by Gasteiger charge is -2.06. The maximum absolute atomic E-state index is 12.5. The molecule has 3 aromatic carbocycles. The van der Waals surface area contributed by atoms with Crippen molar-refractivity contribution < 1.29 is 9.59 Å². The SMILES string of the molecule is O=C(Nc1cccc2cc(C(=O)Nc3ccccc3)[nH]c12)c1ccccc1. The zero-order valence-corrected chi connectivity index (χ0v) is 14.4. The maximum Gasteiger partial charge on any atom is 0.272 e. The average molecular weight is 355 g/mol. The van der Waals surface area contributed by atoms with Crippen molar-refractivity contribution in [3.63, 3.8) is 0 Å². The van der Waals surface area contributed by atoms with Crippen LogP contribution in [-0.4, -0.2) is 16.8 Å². The molecule has 5 nitrogen and oxygen atoms in total. The Morgan fingerprint density at radius 2 is 1.41 bits per heavy atom. The molecule has 0 aliphatic heterocycles. The molecule has 0 unspecified atom stereocenters. The molecule has 2 amide bonds. The third-order valence-electron chi connectivity index (χ3n) is 4.22. The maximum atomic E-state index is 12.5. The van der Waals surface area contributed by atoms with Crippen LogP contribution in [0.25, 0.3) is 10.9 Å². The van der Waals surface area contributed by atoms with Crippen molar-refractivity contribution in [1.29, 1.82) is 0 Å². The fourth-order valence-electron chi connectivity index (χ4n) is 2.89. The molecule has 0 radical (unpaired) electrons. The zero-order chi connectivity index (χ0) is 18.6. The molecule has 27 heavy (non-hydrogen) atoms. The van der Waals surface area contributed by atoms with Crippen molar-refractivity contribution >= 4 is 34.1 Å². The Morgan fingerprint density at radius 1 is 0.704 bits per heavy atom. The van der Waals surface area contributed by atoms with E-state index in [0.29, 0.717) is 22.5 Å². The first-order valence-electron chi connectivity index (χ1n) is 8.55. The number of nitrogens with one attached hydrogen (secondary N) is 3. The fourth-order valence-corrected chi connectivity index (χ4v) is 2.89. The van der Waals surface area contributed by atoms with E-state index < -0.39 is 0 Å². The number of carbonyl (C=O) groups is 2. The summed E-state index contributed by atoms with van der Waals surface area (Å²) in [5.74, 6) is -0.439. The van der Waals surface area contributed by atoms with Crippen LogP contribution in [0.5, 0.6) is 0 Å². The topological polar surface area (TPSA) is 74.0 Å². The number of hydrogen-bond acceptors (Lipinski definition) is 2. The third-order valence-corrected chi connectivity index (χ3v) is 4.22. The second kappa shape index (κ2) is 7.17. The molecule has 0 atom stereocenters. The van der Waals surface area contributed by atoms with Crippen LogP contribution in [0.2, 0.25) is 0 Å². The number of carbonyl (C=O) groups excluding carboxylic acids is 2. The summed E-state index contributed by atoms with van der Waals surface area (Å²) >= 11 is 0. The molecule has 0 spiro atoms. The lowest BCUT2D eigenvalue weighted by molar-refractivity contribution is 0.101. The molecule has 0 fully saturated rings. The number of rotatable bonds is 4. The van der Waals surface area contributed by atoms with E-state index in [2.05, 4.69) is 15.6 Å². The molecular weight excluding hydrogens is 338 g/mol. The summed E-state index contributed by atoms with van der Waals surface area (Å²) < 4.78 is 0. The minimum absolute atomic E-state index is 0.201. The van der Waals surface area contributed by atoms with E-state index in [1.165, 1.54) is 0 Å². The predicted molar refractivity (Wildman–Crippen MR) is 107 cm³/mol. The van der Waals surface area contributed by atoms with Gasteiger partial charge in [-0.05, 0) is 36.4 Å². The summed E-state index contributed by atoms with van der Waals surface area (Å²) in [6, 6.07) is 25.6. The molecule has 0 saturated heterocycles. The summed E-state index contributed by atoms with van der Waals surface area (Å²) in [6.45, 7) is 0.